The molecule has 96 valence electrons. The van der Waals surface area contributed by atoms with Gasteiger partial charge in [-0.05, 0) is 13.8 Å². The first kappa shape index (κ1) is 12.5. The molecule has 2 heterocycles. The summed E-state index contributed by atoms with van der Waals surface area (Å²) in [6, 6.07) is 1.97. The smallest absolute Gasteiger partial charge is 0.249 e. The van der Waals surface area contributed by atoms with Crippen molar-refractivity contribution in [3.8, 4) is 0 Å². The van der Waals surface area contributed by atoms with Gasteiger partial charge in [-0.2, -0.15) is 0 Å². The number of aryl methyl sites for hydroxylation is 1. The SMILES string of the molecule is C=C(C)C(=O)N1CCN(c2cc(C)ncn2)CC1. The molecule has 0 radical (unpaired) electrons. The van der Waals surface area contributed by atoms with Crippen LogP contribution in [-0.2, 0) is 4.79 Å². The number of carbonyl (C=O) groups excluding carboxylic acids is 1. The number of piperazine rings is 1. The second-order valence-corrected chi connectivity index (χ2v) is 4.58. The van der Waals surface area contributed by atoms with Crippen LogP contribution in [0.25, 0.3) is 0 Å². The van der Waals surface area contributed by atoms with Crippen molar-refractivity contribution >= 4 is 11.7 Å². The third-order valence-corrected chi connectivity index (χ3v) is 3.05. The maximum absolute atomic E-state index is 11.8. The zero-order valence-electron chi connectivity index (χ0n) is 10.9. The van der Waals surface area contributed by atoms with Gasteiger partial charge in [-0.25, -0.2) is 9.97 Å². The lowest BCUT2D eigenvalue weighted by molar-refractivity contribution is -0.127. The molecule has 0 atom stereocenters. The summed E-state index contributed by atoms with van der Waals surface area (Å²) in [7, 11) is 0. The molecule has 0 aromatic carbocycles. The van der Waals surface area contributed by atoms with Crippen LogP contribution in [0.2, 0.25) is 0 Å². The Morgan fingerprint density at radius 1 is 1.28 bits per heavy atom. The molecule has 5 nitrogen and oxygen atoms in total. The highest BCUT2D eigenvalue weighted by molar-refractivity contribution is 5.92. The molecule has 1 amide bonds. The predicted octanol–water partition coefficient (Wildman–Crippen LogP) is 1.01. The maximum Gasteiger partial charge on any atom is 0.249 e. The molecule has 0 unspecified atom stereocenters. The molecule has 1 aromatic rings. The van der Waals surface area contributed by atoms with Gasteiger partial charge in [-0.1, -0.05) is 6.58 Å². The van der Waals surface area contributed by atoms with Crippen molar-refractivity contribution in [2.45, 2.75) is 13.8 Å². The molecule has 0 spiro atoms. The third-order valence-electron chi connectivity index (χ3n) is 3.05. The summed E-state index contributed by atoms with van der Waals surface area (Å²) in [6.45, 7) is 10.4. The van der Waals surface area contributed by atoms with Gasteiger partial charge < -0.3 is 9.80 Å². The van der Waals surface area contributed by atoms with Crippen LogP contribution >= 0.6 is 0 Å². The van der Waals surface area contributed by atoms with Crippen LogP contribution < -0.4 is 4.90 Å². The summed E-state index contributed by atoms with van der Waals surface area (Å²) >= 11 is 0. The highest BCUT2D eigenvalue weighted by Gasteiger charge is 2.21. The number of carbonyl (C=O) groups is 1. The lowest BCUT2D eigenvalue weighted by atomic mass is 10.2. The average Bonchev–Trinajstić information content (AvgIpc) is 2.38. The minimum absolute atomic E-state index is 0.0496. The van der Waals surface area contributed by atoms with Crippen LogP contribution in [0, 0.1) is 6.92 Å². The lowest BCUT2D eigenvalue weighted by Gasteiger charge is -2.35. The summed E-state index contributed by atoms with van der Waals surface area (Å²) in [6.07, 6.45) is 1.58. The number of nitrogens with zero attached hydrogens (tertiary/aromatic N) is 4. The minimum Gasteiger partial charge on any atom is -0.353 e. The van der Waals surface area contributed by atoms with Crippen LogP contribution in [0.3, 0.4) is 0 Å². The molecule has 5 heteroatoms. The van der Waals surface area contributed by atoms with E-state index >= 15 is 0 Å². The van der Waals surface area contributed by atoms with Crippen LogP contribution in [0.4, 0.5) is 5.82 Å². The summed E-state index contributed by atoms with van der Waals surface area (Å²) in [5.74, 6) is 0.985. The molecular formula is C13H18N4O. The van der Waals surface area contributed by atoms with Gasteiger partial charge in [0.15, 0.2) is 0 Å². The molecule has 1 aliphatic heterocycles. The number of hydrogen-bond acceptors (Lipinski definition) is 4. The molecule has 0 bridgehead atoms. The maximum atomic E-state index is 11.8. The van der Waals surface area contributed by atoms with Crippen molar-refractivity contribution < 1.29 is 4.79 Å². The first-order valence-corrected chi connectivity index (χ1v) is 6.06. The molecule has 0 aliphatic carbocycles. The summed E-state index contributed by atoms with van der Waals surface area (Å²) in [4.78, 5) is 24.1. The number of rotatable bonds is 2. The van der Waals surface area contributed by atoms with Crippen molar-refractivity contribution in [1.82, 2.24) is 14.9 Å². The molecule has 1 aliphatic rings. The highest BCUT2D eigenvalue weighted by atomic mass is 16.2. The molecule has 1 saturated heterocycles. The van der Waals surface area contributed by atoms with Crippen LogP contribution in [0.1, 0.15) is 12.6 Å². The zero-order chi connectivity index (χ0) is 13.1. The predicted molar refractivity (Wildman–Crippen MR) is 70.4 cm³/mol. The van der Waals surface area contributed by atoms with E-state index in [9.17, 15) is 4.79 Å². The zero-order valence-corrected chi connectivity index (χ0v) is 10.9. The Morgan fingerprint density at radius 3 is 2.50 bits per heavy atom. The second kappa shape index (κ2) is 5.16. The van der Waals surface area contributed by atoms with E-state index in [1.165, 1.54) is 0 Å². The largest absolute Gasteiger partial charge is 0.353 e. The van der Waals surface area contributed by atoms with Gasteiger partial charge in [0.25, 0.3) is 0 Å². The number of aromatic nitrogens is 2. The third kappa shape index (κ3) is 2.67. The Labute approximate surface area is 107 Å². The lowest BCUT2D eigenvalue weighted by Crippen LogP contribution is -2.49. The van der Waals surface area contributed by atoms with Crippen molar-refractivity contribution in [1.29, 1.82) is 0 Å². The van der Waals surface area contributed by atoms with Gasteiger partial charge in [0.1, 0.15) is 12.1 Å². The number of amides is 1. The van der Waals surface area contributed by atoms with Gasteiger partial charge >= 0.3 is 0 Å². The summed E-state index contributed by atoms with van der Waals surface area (Å²) < 4.78 is 0. The normalized spacial score (nSPS) is 15.7. The molecule has 1 fully saturated rings. The van der Waals surface area contributed by atoms with E-state index in [2.05, 4.69) is 21.4 Å². The fourth-order valence-corrected chi connectivity index (χ4v) is 2.02. The summed E-state index contributed by atoms with van der Waals surface area (Å²) in [5.41, 5.74) is 1.56. The molecule has 2 rings (SSSR count). The van der Waals surface area contributed by atoms with E-state index in [0.29, 0.717) is 5.57 Å². The van der Waals surface area contributed by atoms with E-state index < -0.39 is 0 Å². The summed E-state index contributed by atoms with van der Waals surface area (Å²) in [5, 5.41) is 0. The standard InChI is InChI=1S/C13H18N4O/c1-10(2)13(18)17-6-4-16(5-7-17)12-8-11(3)14-9-15-12/h8-9H,1,4-7H2,2-3H3. The van der Waals surface area contributed by atoms with Gasteiger partial charge in [-0.3, -0.25) is 4.79 Å². The van der Waals surface area contributed by atoms with Crippen molar-refractivity contribution in [2.24, 2.45) is 0 Å². The quantitative estimate of drug-likeness (QED) is 0.731. The Kier molecular flexibility index (Phi) is 3.60. The first-order valence-electron chi connectivity index (χ1n) is 6.06. The van der Waals surface area contributed by atoms with Crippen molar-refractivity contribution in [3.05, 3.63) is 30.2 Å². The van der Waals surface area contributed by atoms with E-state index in [-0.39, 0.29) is 5.91 Å². The molecule has 0 N–H and O–H groups in total. The average molecular weight is 246 g/mol. The molecule has 0 saturated carbocycles. The second-order valence-electron chi connectivity index (χ2n) is 4.58. The van der Waals surface area contributed by atoms with Crippen LogP contribution in [0.5, 0.6) is 0 Å². The first-order chi connectivity index (χ1) is 8.58. The minimum atomic E-state index is 0.0496. The Balaban J connectivity index is 1.98. The van der Waals surface area contributed by atoms with Crippen molar-refractivity contribution in [3.63, 3.8) is 0 Å². The topological polar surface area (TPSA) is 49.3 Å². The van der Waals surface area contributed by atoms with E-state index in [4.69, 9.17) is 0 Å². The Hall–Kier alpha value is -1.91. The highest BCUT2D eigenvalue weighted by Crippen LogP contribution is 2.14. The fraction of sp³-hybridized carbons (Fsp3) is 0.462. The van der Waals surface area contributed by atoms with Crippen LogP contribution in [-0.4, -0.2) is 47.0 Å². The van der Waals surface area contributed by atoms with Gasteiger partial charge in [-0.15, -0.1) is 0 Å². The van der Waals surface area contributed by atoms with Gasteiger partial charge in [0, 0.05) is 43.5 Å². The number of hydrogen-bond donors (Lipinski definition) is 0. The van der Waals surface area contributed by atoms with E-state index in [1.54, 1.807) is 13.3 Å². The number of anilines is 1. The Morgan fingerprint density at radius 2 is 1.94 bits per heavy atom. The van der Waals surface area contributed by atoms with Gasteiger partial charge in [0.2, 0.25) is 5.91 Å². The molecule has 18 heavy (non-hydrogen) atoms. The van der Waals surface area contributed by atoms with Gasteiger partial charge in [0.05, 0.1) is 0 Å². The van der Waals surface area contributed by atoms with E-state index in [1.807, 2.05) is 17.9 Å². The van der Waals surface area contributed by atoms with Crippen LogP contribution in [0.15, 0.2) is 24.5 Å². The molecule has 1 aromatic heterocycles. The van der Waals surface area contributed by atoms with E-state index in [0.717, 1.165) is 37.7 Å². The fourth-order valence-electron chi connectivity index (χ4n) is 2.02. The molecular weight excluding hydrogens is 228 g/mol. The van der Waals surface area contributed by atoms with Crippen molar-refractivity contribution in [2.75, 3.05) is 31.1 Å². The Bertz CT molecular complexity index is 464. The monoisotopic (exact) mass is 246 g/mol.